The molecule has 16 heavy (non-hydrogen) atoms. The molecular weight excluding hydrogens is 192 g/mol. The molecule has 0 rings (SSSR count). The van der Waals surface area contributed by atoms with Crippen LogP contribution < -0.4 is 0 Å². The third kappa shape index (κ3) is 11.0. The van der Waals surface area contributed by atoms with Gasteiger partial charge in [0.25, 0.3) is 0 Å². The second-order valence-corrected chi connectivity index (χ2v) is 2.56. The van der Waals surface area contributed by atoms with E-state index in [-0.39, 0.29) is 0 Å². The molecule has 0 saturated heterocycles. The zero-order valence-electron chi connectivity index (χ0n) is 12.1. The lowest BCUT2D eigenvalue weighted by molar-refractivity contribution is 1.05. The Hall–Kier alpha value is -1.04. The maximum absolute atomic E-state index is 3.79. The average molecular weight is 222 g/mol. The first-order valence-electron chi connectivity index (χ1n) is 6.43. The van der Waals surface area contributed by atoms with Gasteiger partial charge in [0.15, 0.2) is 0 Å². The van der Waals surface area contributed by atoms with Crippen LogP contribution in [0.3, 0.4) is 0 Å². The maximum atomic E-state index is 3.79. The molecule has 94 valence electrons. The zero-order chi connectivity index (χ0) is 13.4. The Kier molecular flexibility index (Phi) is 24.9. The first-order chi connectivity index (χ1) is 7.79. The maximum Gasteiger partial charge on any atom is -0.0305 e. The Labute approximate surface area is 103 Å². The highest BCUT2D eigenvalue weighted by Gasteiger charge is 1.94. The fraction of sp³-hybridized carbons (Fsp3) is 0.500. The van der Waals surface area contributed by atoms with Gasteiger partial charge in [0.2, 0.25) is 0 Å². The van der Waals surface area contributed by atoms with Gasteiger partial charge in [-0.2, -0.15) is 0 Å². The predicted molar refractivity (Wildman–Crippen MR) is 79.8 cm³/mol. The highest BCUT2D eigenvalue weighted by Crippen LogP contribution is 2.14. The van der Waals surface area contributed by atoms with Crippen LogP contribution in [0, 0.1) is 0 Å². The minimum absolute atomic E-state index is 1.05. The van der Waals surface area contributed by atoms with Crippen LogP contribution in [0.2, 0.25) is 0 Å². The summed E-state index contributed by atoms with van der Waals surface area (Å²) in [5, 5.41) is 0. The Morgan fingerprint density at radius 1 is 0.875 bits per heavy atom. The fourth-order valence-electron chi connectivity index (χ4n) is 1.14. The molecule has 0 aliphatic rings. The summed E-state index contributed by atoms with van der Waals surface area (Å²) < 4.78 is 0. The van der Waals surface area contributed by atoms with E-state index in [2.05, 4.69) is 33.1 Å². The summed E-state index contributed by atoms with van der Waals surface area (Å²) in [7, 11) is 0. The summed E-state index contributed by atoms with van der Waals surface area (Å²) in [4.78, 5) is 0. The largest absolute Gasteiger partial charge is 0.0991 e. The summed E-state index contributed by atoms with van der Waals surface area (Å²) in [5.41, 5.74) is 2.68. The fourth-order valence-corrected chi connectivity index (χ4v) is 1.14. The first kappa shape index (κ1) is 20.4. The second kappa shape index (κ2) is 19.5. The van der Waals surface area contributed by atoms with Crippen LogP contribution in [0.25, 0.3) is 0 Å². The van der Waals surface area contributed by atoms with E-state index < -0.39 is 0 Å². The molecule has 0 atom stereocenters. The van der Waals surface area contributed by atoms with Crippen LogP contribution in [0.5, 0.6) is 0 Å². The molecule has 0 aromatic heterocycles. The van der Waals surface area contributed by atoms with Crippen molar-refractivity contribution < 1.29 is 0 Å². The van der Waals surface area contributed by atoms with Crippen molar-refractivity contribution in [3.8, 4) is 0 Å². The molecule has 0 heteroatoms. The van der Waals surface area contributed by atoms with Gasteiger partial charge >= 0.3 is 0 Å². The van der Waals surface area contributed by atoms with Gasteiger partial charge in [-0.1, -0.05) is 79.0 Å². The molecule has 0 unspecified atom stereocenters. The zero-order valence-corrected chi connectivity index (χ0v) is 12.1. The van der Waals surface area contributed by atoms with E-state index in [4.69, 9.17) is 0 Å². The molecule has 0 aromatic carbocycles. The van der Waals surface area contributed by atoms with Crippen molar-refractivity contribution in [3.05, 3.63) is 48.6 Å². The number of rotatable bonds is 5. The Bertz CT molecular complexity index is 204. The third-order valence-electron chi connectivity index (χ3n) is 1.85. The predicted octanol–water partition coefficient (Wildman–Crippen LogP) is 6.08. The van der Waals surface area contributed by atoms with Crippen molar-refractivity contribution in [1.82, 2.24) is 0 Å². The van der Waals surface area contributed by atoms with Crippen molar-refractivity contribution >= 4 is 0 Å². The molecule has 0 N–H and O–H groups in total. The molecule has 0 aromatic rings. The standard InChI is InChI=1S/C12H18.2C2H6/c1-5-9-10-12(8-4)11(6-2)7-3;2*1-2/h5-6,9-10H,1-2,7-8H2,3-4H3;2*1-2H3/b10-9-,12-11+;;. The quantitative estimate of drug-likeness (QED) is 0.494. The van der Waals surface area contributed by atoms with Crippen LogP contribution in [0.4, 0.5) is 0 Å². The number of hydrogen-bond donors (Lipinski definition) is 0. The lowest BCUT2D eigenvalue weighted by Crippen LogP contribution is -1.83. The van der Waals surface area contributed by atoms with E-state index in [0.717, 1.165) is 12.8 Å². The monoisotopic (exact) mass is 222 g/mol. The number of hydrogen-bond acceptors (Lipinski definition) is 0. The molecule has 0 aliphatic heterocycles. The van der Waals surface area contributed by atoms with Gasteiger partial charge in [0, 0.05) is 0 Å². The van der Waals surface area contributed by atoms with Crippen molar-refractivity contribution in [1.29, 1.82) is 0 Å². The normalized spacial score (nSPS) is 10.4. The van der Waals surface area contributed by atoms with Crippen molar-refractivity contribution in [2.24, 2.45) is 0 Å². The van der Waals surface area contributed by atoms with Gasteiger partial charge in [-0.25, -0.2) is 0 Å². The topological polar surface area (TPSA) is 0 Å². The Balaban J connectivity index is -0.000000376. The second-order valence-electron chi connectivity index (χ2n) is 2.56. The van der Waals surface area contributed by atoms with Crippen LogP contribution in [-0.4, -0.2) is 0 Å². The molecule has 0 radical (unpaired) electrons. The van der Waals surface area contributed by atoms with E-state index in [9.17, 15) is 0 Å². The molecule has 0 heterocycles. The molecule has 0 nitrogen and oxygen atoms in total. The van der Waals surface area contributed by atoms with Crippen molar-refractivity contribution in [3.63, 3.8) is 0 Å². The van der Waals surface area contributed by atoms with Crippen LogP contribution in [-0.2, 0) is 0 Å². The number of allylic oxidation sites excluding steroid dienone is 6. The van der Waals surface area contributed by atoms with Crippen LogP contribution in [0.15, 0.2) is 48.6 Å². The van der Waals surface area contributed by atoms with Gasteiger partial charge < -0.3 is 0 Å². The van der Waals surface area contributed by atoms with Gasteiger partial charge in [-0.3, -0.25) is 0 Å². The molecular formula is C16H30. The summed E-state index contributed by atoms with van der Waals surface area (Å²) in [6, 6.07) is 0. The van der Waals surface area contributed by atoms with Crippen LogP contribution >= 0.6 is 0 Å². The lowest BCUT2D eigenvalue weighted by Gasteiger charge is -2.03. The molecule has 0 saturated carbocycles. The van der Waals surface area contributed by atoms with Crippen molar-refractivity contribution in [2.75, 3.05) is 0 Å². The minimum Gasteiger partial charge on any atom is -0.0991 e. The highest BCUT2D eigenvalue weighted by molar-refractivity contribution is 5.32. The van der Waals surface area contributed by atoms with E-state index in [1.165, 1.54) is 11.1 Å². The first-order valence-corrected chi connectivity index (χ1v) is 6.43. The summed E-state index contributed by atoms with van der Waals surface area (Å²) >= 11 is 0. The molecule has 0 aliphatic carbocycles. The van der Waals surface area contributed by atoms with E-state index in [1.807, 2.05) is 39.8 Å². The summed E-state index contributed by atoms with van der Waals surface area (Å²) in [6.07, 6.45) is 9.91. The lowest BCUT2D eigenvalue weighted by atomic mass is 10.0. The average Bonchev–Trinajstić information content (AvgIpc) is 2.39. The molecule has 0 spiro atoms. The smallest absolute Gasteiger partial charge is 0.0305 e. The van der Waals surface area contributed by atoms with E-state index in [0.29, 0.717) is 0 Å². The molecule has 0 bridgehead atoms. The molecule has 0 fully saturated rings. The van der Waals surface area contributed by atoms with Crippen molar-refractivity contribution in [2.45, 2.75) is 54.4 Å². The Morgan fingerprint density at radius 3 is 1.56 bits per heavy atom. The summed E-state index contributed by atoms with van der Waals surface area (Å²) in [6.45, 7) is 19.7. The van der Waals surface area contributed by atoms with Gasteiger partial charge in [-0.15, -0.1) is 0 Å². The SMILES string of the molecule is C=C/C=C\C(CC)=C(/C=C)CC.CC.CC. The van der Waals surface area contributed by atoms with Gasteiger partial charge in [-0.05, 0) is 24.0 Å². The Morgan fingerprint density at radius 2 is 1.31 bits per heavy atom. The molecule has 0 amide bonds. The highest BCUT2D eigenvalue weighted by atomic mass is 14.0. The summed E-state index contributed by atoms with van der Waals surface area (Å²) in [5.74, 6) is 0. The van der Waals surface area contributed by atoms with Crippen LogP contribution in [0.1, 0.15) is 54.4 Å². The third-order valence-corrected chi connectivity index (χ3v) is 1.85. The van der Waals surface area contributed by atoms with Gasteiger partial charge in [0.1, 0.15) is 0 Å². The van der Waals surface area contributed by atoms with E-state index >= 15 is 0 Å². The van der Waals surface area contributed by atoms with Gasteiger partial charge in [0.05, 0.1) is 0 Å². The van der Waals surface area contributed by atoms with E-state index in [1.54, 1.807) is 6.08 Å². The minimum atomic E-state index is 1.05.